The molecule has 1 rings (SSSR count). The lowest BCUT2D eigenvalue weighted by molar-refractivity contribution is -0.107. The molecule has 1 N–H and O–H groups in total. The molecule has 0 radical (unpaired) electrons. The Balaban J connectivity index is 3.22. The highest BCUT2D eigenvalue weighted by Crippen LogP contribution is 2.24. The van der Waals surface area contributed by atoms with Gasteiger partial charge in [-0.2, -0.15) is 0 Å². The first-order valence-corrected chi connectivity index (χ1v) is 5.77. The largest absolute Gasteiger partial charge is 0.508 e. The summed E-state index contributed by atoms with van der Waals surface area (Å²) in [5.74, 6) is 0.0946. The number of aliphatic hydroxyl groups is 1. The van der Waals surface area contributed by atoms with Crippen molar-refractivity contribution in [3.8, 4) is 0 Å². The van der Waals surface area contributed by atoms with Crippen LogP contribution in [0.1, 0.15) is 19.4 Å². The zero-order valence-electron chi connectivity index (χ0n) is 10.5. The topological polar surface area (TPSA) is 53.4 Å². The van der Waals surface area contributed by atoms with E-state index in [1.54, 1.807) is 32.2 Å². The molecule has 0 fully saturated rings. The van der Waals surface area contributed by atoms with E-state index in [0.717, 1.165) is 5.56 Å². The molecule has 0 aliphatic carbocycles. The number of carbonyl (C=O) groups excluding carboxylic acids is 1. The van der Waals surface area contributed by atoms with Gasteiger partial charge >= 0.3 is 0 Å². The van der Waals surface area contributed by atoms with Gasteiger partial charge in [0, 0.05) is 11.9 Å². The maximum Gasteiger partial charge on any atom is 0.218 e. The van der Waals surface area contributed by atoms with E-state index in [1.807, 2.05) is 6.92 Å². The van der Waals surface area contributed by atoms with Crippen LogP contribution >= 0.6 is 11.6 Å². The number of halogens is 1. The fourth-order valence-corrected chi connectivity index (χ4v) is 1.60. The van der Waals surface area contributed by atoms with E-state index >= 15 is 0 Å². The molecule has 1 heterocycles. The zero-order valence-corrected chi connectivity index (χ0v) is 11.3. The van der Waals surface area contributed by atoms with Crippen molar-refractivity contribution >= 4 is 23.7 Å². The molecule has 4 nitrogen and oxygen atoms in total. The first kappa shape index (κ1) is 14.3. The molecule has 5 heteroatoms. The van der Waals surface area contributed by atoms with Gasteiger partial charge in [-0.1, -0.05) is 11.6 Å². The number of amides is 1. The molecule has 1 aromatic rings. The van der Waals surface area contributed by atoms with Crippen LogP contribution in [0.2, 0.25) is 5.15 Å². The van der Waals surface area contributed by atoms with Crippen LogP contribution in [0.15, 0.2) is 35.9 Å². The zero-order chi connectivity index (χ0) is 13.7. The van der Waals surface area contributed by atoms with E-state index in [1.165, 1.54) is 11.0 Å². The standard InChI is InChI=1S/C13H15ClN2O2/c1-4-11(18)5-10(3)16(8-17)12-6-13(14)15-7-9(12)2/h4-8,18H,1-3H3/b10-5-,11-4+. The smallest absolute Gasteiger partial charge is 0.218 e. The normalized spacial score (nSPS) is 12.4. The second-order valence-electron chi connectivity index (χ2n) is 3.77. The Bertz CT molecular complexity index is 510. The number of carbonyl (C=O) groups is 1. The lowest BCUT2D eigenvalue weighted by Crippen LogP contribution is -2.19. The van der Waals surface area contributed by atoms with Crippen LogP contribution in [0.3, 0.4) is 0 Å². The first-order chi connectivity index (χ1) is 8.49. The van der Waals surface area contributed by atoms with Crippen molar-refractivity contribution in [2.24, 2.45) is 0 Å². The third kappa shape index (κ3) is 3.34. The lowest BCUT2D eigenvalue weighted by atomic mass is 10.2. The number of pyridine rings is 1. The quantitative estimate of drug-likeness (QED) is 0.393. The summed E-state index contributed by atoms with van der Waals surface area (Å²) in [5, 5.41) is 9.76. The van der Waals surface area contributed by atoms with Crippen LogP contribution in [-0.2, 0) is 4.79 Å². The van der Waals surface area contributed by atoms with Gasteiger partial charge in [-0.15, -0.1) is 0 Å². The summed E-state index contributed by atoms with van der Waals surface area (Å²) in [7, 11) is 0. The van der Waals surface area contributed by atoms with Crippen molar-refractivity contribution in [2.75, 3.05) is 4.90 Å². The molecule has 0 aromatic carbocycles. The van der Waals surface area contributed by atoms with Crippen LogP contribution in [0.25, 0.3) is 0 Å². The molecule has 0 bridgehead atoms. The van der Waals surface area contributed by atoms with Gasteiger partial charge in [0.15, 0.2) is 0 Å². The molecule has 96 valence electrons. The van der Waals surface area contributed by atoms with E-state index in [-0.39, 0.29) is 5.76 Å². The fraction of sp³-hybridized carbons (Fsp3) is 0.231. The van der Waals surface area contributed by atoms with E-state index in [4.69, 9.17) is 11.6 Å². The molecule has 0 saturated carbocycles. The summed E-state index contributed by atoms with van der Waals surface area (Å²) >= 11 is 5.82. The van der Waals surface area contributed by atoms with E-state index in [2.05, 4.69) is 4.98 Å². The Labute approximate surface area is 111 Å². The summed E-state index contributed by atoms with van der Waals surface area (Å²) in [4.78, 5) is 16.5. The van der Waals surface area contributed by atoms with E-state index < -0.39 is 0 Å². The Kier molecular flexibility index (Phi) is 4.92. The number of anilines is 1. The van der Waals surface area contributed by atoms with Crippen molar-refractivity contribution < 1.29 is 9.90 Å². The second-order valence-corrected chi connectivity index (χ2v) is 4.16. The molecule has 18 heavy (non-hydrogen) atoms. The van der Waals surface area contributed by atoms with Crippen LogP contribution in [0.4, 0.5) is 5.69 Å². The van der Waals surface area contributed by atoms with Crippen LogP contribution in [-0.4, -0.2) is 16.5 Å². The average molecular weight is 267 g/mol. The maximum absolute atomic E-state index is 11.2. The highest BCUT2D eigenvalue weighted by molar-refractivity contribution is 6.29. The highest BCUT2D eigenvalue weighted by Gasteiger charge is 2.11. The van der Waals surface area contributed by atoms with Crippen molar-refractivity contribution in [3.63, 3.8) is 0 Å². The van der Waals surface area contributed by atoms with Crippen molar-refractivity contribution in [3.05, 3.63) is 46.6 Å². The Morgan fingerprint density at radius 3 is 2.78 bits per heavy atom. The lowest BCUT2D eigenvalue weighted by Gasteiger charge is -2.20. The first-order valence-electron chi connectivity index (χ1n) is 5.39. The number of aryl methyl sites for hydroxylation is 1. The summed E-state index contributed by atoms with van der Waals surface area (Å²) in [6.07, 6.45) is 5.31. The molecule has 0 atom stereocenters. The van der Waals surface area contributed by atoms with Crippen molar-refractivity contribution in [1.29, 1.82) is 0 Å². The fourth-order valence-electron chi connectivity index (χ4n) is 1.44. The van der Waals surface area contributed by atoms with Gasteiger partial charge in [0.2, 0.25) is 6.41 Å². The van der Waals surface area contributed by atoms with Gasteiger partial charge in [0.1, 0.15) is 10.9 Å². The van der Waals surface area contributed by atoms with Crippen molar-refractivity contribution in [1.82, 2.24) is 4.98 Å². The van der Waals surface area contributed by atoms with Gasteiger partial charge in [-0.25, -0.2) is 4.98 Å². The third-order valence-electron chi connectivity index (χ3n) is 2.44. The number of allylic oxidation sites excluding steroid dienone is 3. The second kappa shape index (κ2) is 6.21. The molecule has 0 saturated heterocycles. The summed E-state index contributed by atoms with van der Waals surface area (Å²) in [5.41, 5.74) is 2.05. The number of hydrogen-bond donors (Lipinski definition) is 1. The Morgan fingerprint density at radius 1 is 1.56 bits per heavy atom. The minimum absolute atomic E-state index is 0.0946. The van der Waals surface area contributed by atoms with Gasteiger partial charge in [0.05, 0.1) is 5.69 Å². The monoisotopic (exact) mass is 266 g/mol. The van der Waals surface area contributed by atoms with Gasteiger partial charge in [-0.3, -0.25) is 9.69 Å². The molecule has 1 aromatic heterocycles. The molecule has 1 amide bonds. The number of aliphatic hydroxyl groups excluding tert-OH is 1. The van der Waals surface area contributed by atoms with Gasteiger partial charge < -0.3 is 5.11 Å². The third-order valence-corrected chi connectivity index (χ3v) is 2.65. The molecule has 0 aliphatic heterocycles. The van der Waals surface area contributed by atoms with Gasteiger partial charge in [0.25, 0.3) is 0 Å². The minimum Gasteiger partial charge on any atom is -0.508 e. The van der Waals surface area contributed by atoms with Crippen LogP contribution in [0.5, 0.6) is 0 Å². The summed E-state index contributed by atoms with van der Waals surface area (Å²) in [6, 6.07) is 1.61. The molecular weight excluding hydrogens is 252 g/mol. The Morgan fingerprint density at radius 2 is 2.22 bits per heavy atom. The van der Waals surface area contributed by atoms with E-state index in [0.29, 0.717) is 22.9 Å². The predicted octanol–water partition coefficient (Wildman–Crippen LogP) is 3.37. The highest BCUT2D eigenvalue weighted by atomic mass is 35.5. The van der Waals surface area contributed by atoms with Crippen LogP contribution in [0, 0.1) is 6.92 Å². The number of hydrogen-bond acceptors (Lipinski definition) is 3. The van der Waals surface area contributed by atoms with Crippen molar-refractivity contribution in [2.45, 2.75) is 20.8 Å². The molecule has 0 aliphatic rings. The summed E-state index contributed by atoms with van der Waals surface area (Å²) in [6.45, 7) is 5.26. The predicted molar refractivity (Wildman–Crippen MR) is 72.7 cm³/mol. The van der Waals surface area contributed by atoms with Crippen LogP contribution < -0.4 is 4.90 Å². The number of aromatic nitrogens is 1. The average Bonchev–Trinajstić information content (AvgIpc) is 2.34. The molecule has 0 unspecified atom stereocenters. The summed E-state index contributed by atoms with van der Waals surface area (Å²) < 4.78 is 0. The molecule has 0 spiro atoms. The maximum atomic E-state index is 11.2. The number of nitrogens with zero attached hydrogens (tertiary/aromatic N) is 2. The Hall–Kier alpha value is -1.81. The molecular formula is C13H15ClN2O2. The van der Waals surface area contributed by atoms with E-state index in [9.17, 15) is 9.90 Å². The SMILES string of the molecule is C/C=C(O)\C=C(\C)N(C=O)c1cc(Cl)ncc1C. The number of rotatable bonds is 4. The van der Waals surface area contributed by atoms with Gasteiger partial charge in [-0.05, 0) is 44.6 Å². The minimum atomic E-state index is 0.0946.